The fraction of sp³-hybridized carbons (Fsp3) is 0.389. The zero-order valence-electron chi connectivity index (χ0n) is 15.0. The number of thioether (sulfide) groups is 1. The first-order chi connectivity index (χ1) is 13.6. The van der Waals surface area contributed by atoms with Crippen molar-refractivity contribution in [2.75, 3.05) is 39.6 Å². The molecule has 0 aliphatic carbocycles. The Morgan fingerprint density at radius 2 is 2.11 bits per heavy atom. The average molecular weight is 422 g/mol. The van der Waals surface area contributed by atoms with Crippen LogP contribution in [0.3, 0.4) is 0 Å². The number of carbonyl (C=O) groups excluding carboxylic acids is 2. The molecule has 3 aliphatic rings. The third kappa shape index (κ3) is 4.14. The van der Waals surface area contributed by atoms with Gasteiger partial charge >= 0.3 is 0 Å². The van der Waals surface area contributed by atoms with Gasteiger partial charge in [0.05, 0.1) is 18.1 Å². The number of nitrogens with one attached hydrogen (secondary N) is 1. The van der Waals surface area contributed by atoms with E-state index in [-0.39, 0.29) is 31.6 Å². The van der Waals surface area contributed by atoms with E-state index in [9.17, 15) is 9.59 Å². The normalized spacial score (nSPS) is 20.9. The highest BCUT2D eigenvalue weighted by molar-refractivity contribution is 8.26. The predicted octanol–water partition coefficient (Wildman–Crippen LogP) is 1.37. The highest BCUT2D eigenvalue weighted by Gasteiger charge is 2.32. The Hall–Kier alpha value is -2.14. The minimum absolute atomic E-state index is 0.147. The van der Waals surface area contributed by atoms with E-state index in [1.165, 1.54) is 16.7 Å². The smallest absolute Gasteiger partial charge is 0.266 e. The molecular weight excluding hydrogens is 402 g/mol. The number of ether oxygens (including phenoxy) is 3. The summed E-state index contributed by atoms with van der Waals surface area (Å²) in [4.78, 5) is 26.9. The molecule has 1 aromatic carbocycles. The fourth-order valence-electron chi connectivity index (χ4n) is 3.02. The number of fused-ring (bicyclic) bond motifs is 1. The van der Waals surface area contributed by atoms with Gasteiger partial charge in [-0.15, -0.1) is 0 Å². The molecule has 0 spiro atoms. The maximum Gasteiger partial charge on any atom is 0.266 e. The Morgan fingerprint density at radius 1 is 1.29 bits per heavy atom. The fourth-order valence-corrected chi connectivity index (χ4v) is 4.32. The average Bonchev–Trinajstić information content (AvgIpc) is 3.27. The second-order valence-electron chi connectivity index (χ2n) is 6.30. The van der Waals surface area contributed by atoms with E-state index < -0.39 is 0 Å². The Kier molecular flexibility index (Phi) is 5.81. The number of hydrogen-bond donors (Lipinski definition) is 1. The lowest BCUT2D eigenvalue weighted by atomic mass is 10.1. The molecule has 0 atom stereocenters. The summed E-state index contributed by atoms with van der Waals surface area (Å²) in [6.45, 7) is 2.91. The lowest BCUT2D eigenvalue weighted by Gasteiger charge is -2.27. The van der Waals surface area contributed by atoms with Gasteiger partial charge in [0.2, 0.25) is 12.7 Å². The molecular formula is C18H19N3O5S2. The summed E-state index contributed by atoms with van der Waals surface area (Å²) in [7, 11) is 0. The molecule has 0 unspecified atom stereocenters. The number of hydrazine groups is 1. The van der Waals surface area contributed by atoms with Crippen LogP contribution in [0.25, 0.3) is 6.08 Å². The van der Waals surface area contributed by atoms with Crippen LogP contribution in [-0.4, -0.2) is 65.7 Å². The molecule has 148 valence electrons. The molecule has 0 radical (unpaired) electrons. The van der Waals surface area contributed by atoms with Crippen LogP contribution < -0.4 is 14.9 Å². The lowest BCUT2D eigenvalue weighted by molar-refractivity contribution is -0.128. The van der Waals surface area contributed by atoms with Crippen LogP contribution in [0.4, 0.5) is 0 Å². The van der Waals surface area contributed by atoms with Crippen LogP contribution in [0.15, 0.2) is 23.1 Å². The van der Waals surface area contributed by atoms with Crippen molar-refractivity contribution in [3.05, 3.63) is 28.7 Å². The molecule has 3 aliphatic heterocycles. The van der Waals surface area contributed by atoms with Crippen LogP contribution in [0.5, 0.6) is 11.5 Å². The number of rotatable bonds is 5. The zero-order valence-corrected chi connectivity index (χ0v) is 16.6. The number of nitrogens with zero attached hydrogens (tertiary/aromatic N) is 2. The first kappa shape index (κ1) is 19.2. The van der Waals surface area contributed by atoms with Gasteiger partial charge in [-0.05, 0) is 12.1 Å². The molecule has 2 fully saturated rings. The van der Waals surface area contributed by atoms with Gasteiger partial charge in [0.15, 0.2) is 11.5 Å². The van der Waals surface area contributed by atoms with Crippen LogP contribution in [-0.2, 0) is 14.3 Å². The van der Waals surface area contributed by atoms with Crippen LogP contribution >= 0.6 is 24.0 Å². The van der Waals surface area contributed by atoms with E-state index in [4.69, 9.17) is 26.4 Å². The first-order valence-corrected chi connectivity index (χ1v) is 10.1. The van der Waals surface area contributed by atoms with Crippen molar-refractivity contribution >= 4 is 46.2 Å². The summed E-state index contributed by atoms with van der Waals surface area (Å²) < 4.78 is 16.5. The Labute approximate surface area is 171 Å². The number of thiocarbonyl (C=S) groups is 1. The van der Waals surface area contributed by atoms with Crippen molar-refractivity contribution in [3.8, 4) is 11.5 Å². The molecule has 1 aromatic rings. The SMILES string of the molecule is O=C(CCN1C(=O)C(=Cc2cccc3c2OCO3)SC1=S)NN1CCOCC1. The maximum absolute atomic E-state index is 12.7. The van der Waals surface area contributed by atoms with Gasteiger partial charge in [-0.1, -0.05) is 36.1 Å². The summed E-state index contributed by atoms with van der Waals surface area (Å²) in [5.74, 6) is 0.929. The van der Waals surface area contributed by atoms with Gasteiger partial charge in [-0.2, -0.15) is 0 Å². The zero-order chi connectivity index (χ0) is 19.5. The number of carbonyl (C=O) groups is 2. The minimum Gasteiger partial charge on any atom is -0.454 e. The highest BCUT2D eigenvalue weighted by atomic mass is 32.2. The van der Waals surface area contributed by atoms with Gasteiger partial charge in [0.25, 0.3) is 5.91 Å². The Balaban J connectivity index is 1.37. The van der Waals surface area contributed by atoms with E-state index >= 15 is 0 Å². The monoisotopic (exact) mass is 421 g/mol. The van der Waals surface area contributed by atoms with E-state index in [1.54, 1.807) is 6.08 Å². The molecule has 4 rings (SSSR count). The van der Waals surface area contributed by atoms with Crippen molar-refractivity contribution in [3.63, 3.8) is 0 Å². The van der Waals surface area contributed by atoms with E-state index in [0.29, 0.717) is 47.0 Å². The summed E-state index contributed by atoms with van der Waals surface area (Å²) >= 11 is 6.56. The third-order valence-electron chi connectivity index (χ3n) is 4.44. The lowest BCUT2D eigenvalue weighted by Crippen LogP contribution is -2.49. The predicted molar refractivity (Wildman–Crippen MR) is 108 cm³/mol. The summed E-state index contributed by atoms with van der Waals surface area (Å²) in [6.07, 6.45) is 1.93. The summed E-state index contributed by atoms with van der Waals surface area (Å²) in [5.41, 5.74) is 3.60. The first-order valence-electron chi connectivity index (χ1n) is 8.88. The molecule has 2 amide bonds. The number of amides is 2. The standard InChI is InChI=1S/C18H19N3O5S2/c22-15(19-20-6-8-24-9-7-20)4-5-21-17(23)14(28-18(21)27)10-12-2-1-3-13-16(12)26-11-25-13/h1-3,10H,4-9,11H2,(H,19,22). The molecule has 3 heterocycles. The molecule has 1 N–H and O–H groups in total. The van der Waals surface area contributed by atoms with Crippen LogP contribution in [0.1, 0.15) is 12.0 Å². The summed E-state index contributed by atoms with van der Waals surface area (Å²) in [5, 5.41) is 1.83. The van der Waals surface area contributed by atoms with Crippen molar-refractivity contribution in [2.45, 2.75) is 6.42 Å². The van der Waals surface area contributed by atoms with Gasteiger partial charge in [0.1, 0.15) is 4.32 Å². The van der Waals surface area contributed by atoms with E-state index in [0.717, 1.165) is 5.56 Å². The molecule has 10 heteroatoms. The number of benzene rings is 1. The molecule has 2 saturated heterocycles. The second kappa shape index (κ2) is 8.48. The van der Waals surface area contributed by atoms with Crippen molar-refractivity contribution < 1.29 is 23.8 Å². The van der Waals surface area contributed by atoms with Crippen LogP contribution in [0.2, 0.25) is 0 Å². The quantitative estimate of drug-likeness (QED) is 0.564. The topological polar surface area (TPSA) is 80.3 Å². The van der Waals surface area contributed by atoms with Gasteiger partial charge < -0.3 is 14.2 Å². The Bertz CT molecular complexity index is 839. The van der Waals surface area contributed by atoms with Gasteiger partial charge in [-0.3, -0.25) is 19.9 Å². The van der Waals surface area contributed by atoms with E-state index in [1.807, 2.05) is 23.2 Å². The van der Waals surface area contributed by atoms with E-state index in [2.05, 4.69) is 5.43 Å². The number of para-hydroxylation sites is 1. The number of hydrogen-bond acceptors (Lipinski definition) is 8. The van der Waals surface area contributed by atoms with Crippen molar-refractivity contribution in [1.82, 2.24) is 15.3 Å². The van der Waals surface area contributed by atoms with Gasteiger partial charge in [-0.25, -0.2) is 5.01 Å². The van der Waals surface area contributed by atoms with Crippen LogP contribution in [0, 0.1) is 0 Å². The third-order valence-corrected chi connectivity index (χ3v) is 5.82. The maximum atomic E-state index is 12.7. The summed E-state index contributed by atoms with van der Waals surface area (Å²) in [6, 6.07) is 5.52. The Morgan fingerprint density at radius 3 is 2.93 bits per heavy atom. The molecule has 0 aromatic heterocycles. The highest BCUT2D eigenvalue weighted by Crippen LogP contribution is 2.39. The second-order valence-corrected chi connectivity index (χ2v) is 7.97. The molecule has 28 heavy (non-hydrogen) atoms. The largest absolute Gasteiger partial charge is 0.454 e. The molecule has 0 bridgehead atoms. The van der Waals surface area contributed by atoms with Crippen molar-refractivity contribution in [1.29, 1.82) is 0 Å². The van der Waals surface area contributed by atoms with Crippen molar-refractivity contribution in [2.24, 2.45) is 0 Å². The molecule has 8 nitrogen and oxygen atoms in total. The number of morpholine rings is 1. The molecule has 0 saturated carbocycles. The van der Waals surface area contributed by atoms with Gasteiger partial charge in [0, 0.05) is 31.6 Å². The minimum atomic E-state index is -0.203.